The van der Waals surface area contributed by atoms with E-state index in [0.29, 0.717) is 16.7 Å². The summed E-state index contributed by atoms with van der Waals surface area (Å²) >= 11 is 12.2. The molecule has 1 aromatic carbocycles. The molecule has 134 valence electrons. The molecule has 1 N–H and O–H groups in total. The average molecular weight is 381 g/mol. The standard InChI is InChI=1S/C18H22Cl2N4O/c19-16-3-2-13(8-17(16)20)18-12-23(6-7-25-18)11-14-9-15-10-21-4-1-5-24(15)22-14/h2-3,8-9,18,21H,1,4-7,10-12H2/t18-/m0/s1. The molecule has 0 spiro atoms. The molecule has 7 heteroatoms. The van der Waals surface area contributed by atoms with E-state index in [1.165, 1.54) is 5.69 Å². The zero-order chi connectivity index (χ0) is 17.2. The quantitative estimate of drug-likeness (QED) is 0.887. The molecular formula is C18H22Cl2N4O. The van der Waals surface area contributed by atoms with Crippen LogP contribution in [0.3, 0.4) is 0 Å². The first-order valence-electron chi connectivity index (χ1n) is 8.74. The number of nitrogens with one attached hydrogen (secondary N) is 1. The van der Waals surface area contributed by atoms with Gasteiger partial charge in [0, 0.05) is 32.7 Å². The van der Waals surface area contributed by atoms with Gasteiger partial charge in [0.15, 0.2) is 0 Å². The van der Waals surface area contributed by atoms with Gasteiger partial charge in [-0.1, -0.05) is 29.3 Å². The SMILES string of the molecule is Clc1ccc([C@@H]2CN(Cc3cc4n(n3)CCCNC4)CCO2)cc1Cl. The smallest absolute Gasteiger partial charge is 0.0953 e. The molecule has 2 aromatic rings. The Bertz CT molecular complexity index is 725. The number of benzene rings is 1. The molecule has 1 saturated heterocycles. The number of hydrogen-bond donors (Lipinski definition) is 1. The molecule has 0 radical (unpaired) electrons. The fourth-order valence-electron chi connectivity index (χ4n) is 3.49. The van der Waals surface area contributed by atoms with Gasteiger partial charge in [0.25, 0.3) is 0 Å². The number of ether oxygens (including phenoxy) is 1. The predicted octanol–water partition coefficient (Wildman–Crippen LogP) is 3.26. The third-order valence-electron chi connectivity index (χ3n) is 4.80. The van der Waals surface area contributed by atoms with Crippen LogP contribution in [0.5, 0.6) is 0 Å². The van der Waals surface area contributed by atoms with Crippen molar-refractivity contribution in [1.82, 2.24) is 20.0 Å². The Kier molecular flexibility index (Phi) is 5.29. The lowest BCUT2D eigenvalue weighted by Crippen LogP contribution is -2.37. The molecule has 1 atom stereocenters. The Morgan fingerprint density at radius 3 is 3.00 bits per heavy atom. The highest BCUT2D eigenvalue weighted by Gasteiger charge is 2.23. The summed E-state index contributed by atoms with van der Waals surface area (Å²) in [5.41, 5.74) is 3.49. The summed E-state index contributed by atoms with van der Waals surface area (Å²) in [7, 11) is 0. The second-order valence-corrected chi connectivity index (χ2v) is 7.46. The second-order valence-electron chi connectivity index (χ2n) is 6.65. The van der Waals surface area contributed by atoms with E-state index in [9.17, 15) is 0 Å². The molecule has 25 heavy (non-hydrogen) atoms. The van der Waals surface area contributed by atoms with Crippen molar-refractivity contribution in [2.75, 3.05) is 26.2 Å². The molecule has 2 aliphatic rings. The lowest BCUT2D eigenvalue weighted by atomic mass is 10.1. The highest BCUT2D eigenvalue weighted by atomic mass is 35.5. The van der Waals surface area contributed by atoms with Crippen LogP contribution in [0, 0.1) is 0 Å². The Morgan fingerprint density at radius 2 is 2.12 bits per heavy atom. The van der Waals surface area contributed by atoms with Crippen LogP contribution in [0.15, 0.2) is 24.3 Å². The van der Waals surface area contributed by atoms with Gasteiger partial charge < -0.3 is 10.1 Å². The van der Waals surface area contributed by atoms with E-state index in [0.717, 1.165) is 56.9 Å². The number of halogens is 2. The number of hydrogen-bond acceptors (Lipinski definition) is 4. The predicted molar refractivity (Wildman–Crippen MR) is 99.0 cm³/mol. The van der Waals surface area contributed by atoms with Gasteiger partial charge in [-0.25, -0.2) is 0 Å². The number of nitrogens with zero attached hydrogens (tertiary/aromatic N) is 3. The van der Waals surface area contributed by atoms with Crippen molar-refractivity contribution in [3.63, 3.8) is 0 Å². The summed E-state index contributed by atoms with van der Waals surface area (Å²) in [4.78, 5) is 2.40. The maximum atomic E-state index is 6.15. The van der Waals surface area contributed by atoms with Gasteiger partial charge in [-0.2, -0.15) is 5.10 Å². The van der Waals surface area contributed by atoms with Crippen LogP contribution in [0.25, 0.3) is 0 Å². The van der Waals surface area contributed by atoms with Crippen LogP contribution in [-0.4, -0.2) is 40.9 Å². The Hall–Kier alpha value is -1.11. The van der Waals surface area contributed by atoms with E-state index >= 15 is 0 Å². The number of aromatic nitrogens is 2. The molecule has 0 unspecified atom stereocenters. The molecule has 1 aromatic heterocycles. The van der Waals surface area contributed by atoms with Crippen molar-refractivity contribution in [1.29, 1.82) is 0 Å². The molecule has 3 heterocycles. The summed E-state index contributed by atoms with van der Waals surface area (Å²) < 4.78 is 8.09. The first kappa shape index (κ1) is 17.3. The fraction of sp³-hybridized carbons (Fsp3) is 0.500. The molecule has 1 fully saturated rings. The summed E-state index contributed by atoms with van der Waals surface area (Å²) in [6.07, 6.45) is 1.15. The van der Waals surface area contributed by atoms with Gasteiger partial charge in [0.05, 0.1) is 34.1 Å². The fourth-order valence-corrected chi connectivity index (χ4v) is 3.79. The normalized spacial score (nSPS) is 21.8. The molecule has 2 aliphatic heterocycles. The van der Waals surface area contributed by atoms with Crippen LogP contribution >= 0.6 is 23.2 Å². The molecule has 5 nitrogen and oxygen atoms in total. The Morgan fingerprint density at radius 1 is 1.20 bits per heavy atom. The molecular weight excluding hydrogens is 359 g/mol. The first-order valence-corrected chi connectivity index (χ1v) is 9.50. The largest absolute Gasteiger partial charge is 0.371 e. The van der Waals surface area contributed by atoms with Crippen LogP contribution in [0.4, 0.5) is 0 Å². The molecule has 0 saturated carbocycles. The number of morpholine rings is 1. The lowest BCUT2D eigenvalue weighted by molar-refractivity contribution is -0.0333. The molecule has 0 amide bonds. The summed E-state index contributed by atoms with van der Waals surface area (Å²) in [6.45, 7) is 6.27. The van der Waals surface area contributed by atoms with E-state index in [-0.39, 0.29) is 6.10 Å². The van der Waals surface area contributed by atoms with E-state index in [1.807, 2.05) is 18.2 Å². The van der Waals surface area contributed by atoms with Crippen LogP contribution in [0.2, 0.25) is 10.0 Å². The molecule has 0 bridgehead atoms. The lowest BCUT2D eigenvalue weighted by Gasteiger charge is -2.32. The first-order chi connectivity index (χ1) is 12.2. The third-order valence-corrected chi connectivity index (χ3v) is 5.53. The highest BCUT2D eigenvalue weighted by Crippen LogP contribution is 2.29. The zero-order valence-electron chi connectivity index (χ0n) is 14.0. The minimum Gasteiger partial charge on any atom is -0.371 e. The van der Waals surface area contributed by atoms with Crippen molar-refractivity contribution < 1.29 is 4.74 Å². The van der Waals surface area contributed by atoms with Crippen molar-refractivity contribution in [2.45, 2.75) is 32.2 Å². The van der Waals surface area contributed by atoms with Crippen molar-refractivity contribution in [2.24, 2.45) is 0 Å². The topological polar surface area (TPSA) is 42.3 Å². The van der Waals surface area contributed by atoms with E-state index in [1.54, 1.807) is 0 Å². The maximum absolute atomic E-state index is 6.15. The monoisotopic (exact) mass is 380 g/mol. The summed E-state index contributed by atoms with van der Waals surface area (Å²) in [6, 6.07) is 7.96. The number of aryl methyl sites for hydroxylation is 1. The number of fused-ring (bicyclic) bond motifs is 1. The van der Waals surface area contributed by atoms with Crippen molar-refractivity contribution >= 4 is 23.2 Å². The third kappa shape index (κ3) is 4.01. The average Bonchev–Trinajstić information content (AvgIpc) is 2.86. The van der Waals surface area contributed by atoms with E-state index < -0.39 is 0 Å². The van der Waals surface area contributed by atoms with Gasteiger partial charge in [0.2, 0.25) is 0 Å². The molecule has 0 aliphatic carbocycles. The summed E-state index contributed by atoms with van der Waals surface area (Å²) in [5.74, 6) is 0. The van der Waals surface area contributed by atoms with E-state index in [2.05, 4.69) is 21.0 Å². The van der Waals surface area contributed by atoms with Crippen molar-refractivity contribution in [3.8, 4) is 0 Å². The highest BCUT2D eigenvalue weighted by molar-refractivity contribution is 6.42. The van der Waals surface area contributed by atoms with Gasteiger partial charge >= 0.3 is 0 Å². The second kappa shape index (κ2) is 7.64. The Balaban J connectivity index is 1.43. The minimum absolute atomic E-state index is 0.0191. The zero-order valence-corrected chi connectivity index (χ0v) is 15.6. The van der Waals surface area contributed by atoms with Crippen LogP contribution in [0.1, 0.15) is 29.5 Å². The van der Waals surface area contributed by atoms with Gasteiger partial charge in [-0.15, -0.1) is 0 Å². The number of rotatable bonds is 3. The summed E-state index contributed by atoms with van der Waals surface area (Å²) in [5, 5.41) is 9.37. The van der Waals surface area contributed by atoms with E-state index in [4.69, 9.17) is 33.0 Å². The van der Waals surface area contributed by atoms with Crippen molar-refractivity contribution in [3.05, 3.63) is 51.3 Å². The van der Waals surface area contributed by atoms with Crippen LogP contribution in [-0.2, 0) is 24.4 Å². The van der Waals surface area contributed by atoms with Gasteiger partial charge in [-0.05, 0) is 36.7 Å². The maximum Gasteiger partial charge on any atom is 0.0953 e. The molecule has 4 rings (SSSR count). The van der Waals surface area contributed by atoms with Gasteiger partial charge in [-0.3, -0.25) is 9.58 Å². The minimum atomic E-state index is 0.0191. The van der Waals surface area contributed by atoms with Gasteiger partial charge in [0.1, 0.15) is 0 Å². The van der Waals surface area contributed by atoms with Crippen LogP contribution < -0.4 is 5.32 Å². The Labute approximate surface area is 157 Å².